The topological polar surface area (TPSA) is 75.9 Å². The van der Waals surface area contributed by atoms with Crippen LogP contribution in [0.2, 0.25) is 0 Å². The number of piperidine rings is 1. The summed E-state index contributed by atoms with van der Waals surface area (Å²) in [6.45, 7) is 12.5. The van der Waals surface area contributed by atoms with Crippen LogP contribution in [-0.2, 0) is 11.3 Å². The number of carbonyl (C=O) groups is 1. The molecular formula is C30H36N6O. The number of nitrogens with one attached hydrogen (secondary N) is 1. The maximum Gasteiger partial charge on any atom is 0.225 e. The number of benzene rings is 2. The van der Waals surface area contributed by atoms with E-state index in [9.17, 15) is 4.79 Å². The molecule has 4 aromatic rings. The zero-order valence-electron chi connectivity index (χ0n) is 22.5. The fourth-order valence-corrected chi connectivity index (χ4v) is 5.30. The molecule has 1 unspecified atom stereocenters. The zero-order valence-corrected chi connectivity index (χ0v) is 22.5. The number of hydrogen-bond acceptors (Lipinski definition) is 5. The number of fused-ring (bicyclic) bond motifs is 1. The summed E-state index contributed by atoms with van der Waals surface area (Å²) in [5.74, 6) is 1.24. The van der Waals surface area contributed by atoms with E-state index in [0.717, 1.165) is 58.7 Å². The summed E-state index contributed by atoms with van der Waals surface area (Å²) < 4.78 is 1.99. The fraction of sp³-hybridized carbons (Fsp3) is 0.400. The second-order valence-corrected chi connectivity index (χ2v) is 10.5. The van der Waals surface area contributed by atoms with E-state index < -0.39 is 0 Å². The second-order valence-electron chi connectivity index (χ2n) is 10.5. The van der Waals surface area contributed by atoms with Crippen LogP contribution in [0.25, 0.3) is 16.6 Å². The molecular weight excluding hydrogens is 460 g/mol. The highest BCUT2D eigenvalue weighted by Crippen LogP contribution is 2.32. The summed E-state index contributed by atoms with van der Waals surface area (Å²) in [7, 11) is 0. The van der Waals surface area contributed by atoms with Gasteiger partial charge >= 0.3 is 0 Å². The summed E-state index contributed by atoms with van der Waals surface area (Å²) in [6, 6.07) is 16.8. The van der Waals surface area contributed by atoms with E-state index in [1.807, 2.05) is 23.7 Å². The lowest BCUT2D eigenvalue weighted by atomic mass is 9.96. The van der Waals surface area contributed by atoms with Gasteiger partial charge in [-0.05, 0) is 68.4 Å². The molecule has 3 heterocycles. The minimum absolute atomic E-state index is 0.0937. The second kappa shape index (κ2) is 10.3. The van der Waals surface area contributed by atoms with Crippen molar-refractivity contribution in [2.24, 2.45) is 5.92 Å². The lowest BCUT2D eigenvalue weighted by Gasteiger charge is -2.32. The SMILES string of the molecule is Cc1ccccc1CNC(=O)C1CCCN(c2nnc(C)c3c(C)n(-c4ccc(C(C)C)cc4)nc23)C1. The van der Waals surface area contributed by atoms with Crippen LogP contribution in [0.3, 0.4) is 0 Å². The van der Waals surface area contributed by atoms with Crippen molar-refractivity contribution in [3.63, 3.8) is 0 Å². The molecule has 5 rings (SSSR count). The maximum atomic E-state index is 13.1. The van der Waals surface area contributed by atoms with E-state index in [1.165, 1.54) is 11.1 Å². The number of amides is 1. The van der Waals surface area contributed by atoms with Gasteiger partial charge in [-0.3, -0.25) is 4.79 Å². The number of rotatable bonds is 6. The fourth-order valence-electron chi connectivity index (χ4n) is 5.30. The molecule has 7 heteroatoms. The van der Waals surface area contributed by atoms with Crippen molar-refractivity contribution < 1.29 is 4.79 Å². The summed E-state index contributed by atoms with van der Waals surface area (Å²) in [5.41, 5.74) is 7.43. The van der Waals surface area contributed by atoms with E-state index >= 15 is 0 Å². The Hall–Kier alpha value is -3.74. The number of hydrogen-bond donors (Lipinski definition) is 1. The molecule has 1 amide bonds. The first-order valence-electron chi connectivity index (χ1n) is 13.2. The van der Waals surface area contributed by atoms with Crippen molar-refractivity contribution in [1.29, 1.82) is 0 Å². The summed E-state index contributed by atoms with van der Waals surface area (Å²) in [6.07, 6.45) is 1.80. The quantitative estimate of drug-likeness (QED) is 0.387. The highest BCUT2D eigenvalue weighted by atomic mass is 16.1. The van der Waals surface area contributed by atoms with Gasteiger partial charge in [-0.2, -0.15) is 10.2 Å². The van der Waals surface area contributed by atoms with Crippen LogP contribution < -0.4 is 10.2 Å². The Morgan fingerprint density at radius 1 is 1.05 bits per heavy atom. The number of aromatic nitrogens is 4. The van der Waals surface area contributed by atoms with Gasteiger partial charge in [-0.25, -0.2) is 4.68 Å². The minimum atomic E-state index is -0.0947. The molecule has 1 N–H and O–H groups in total. The molecule has 1 atom stereocenters. The first-order chi connectivity index (χ1) is 17.8. The highest BCUT2D eigenvalue weighted by Gasteiger charge is 2.29. The minimum Gasteiger partial charge on any atom is -0.352 e. The average Bonchev–Trinajstić information content (AvgIpc) is 3.26. The van der Waals surface area contributed by atoms with Gasteiger partial charge in [-0.15, -0.1) is 5.10 Å². The van der Waals surface area contributed by atoms with Crippen LogP contribution in [0.5, 0.6) is 0 Å². The van der Waals surface area contributed by atoms with Crippen LogP contribution in [0.1, 0.15) is 60.7 Å². The molecule has 1 aliphatic rings. The van der Waals surface area contributed by atoms with Gasteiger partial charge in [-0.1, -0.05) is 50.2 Å². The van der Waals surface area contributed by atoms with E-state index in [1.54, 1.807) is 0 Å². The van der Waals surface area contributed by atoms with Crippen molar-refractivity contribution in [2.75, 3.05) is 18.0 Å². The van der Waals surface area contributed by atoms with Gasteiger partial charge < -0.3 is 10.2 Å². The average molecular weight is 497 g/mol. The van der Waals surface area contributed by atoms with Gasteiger partial charge in [0.2, 0.25) is 5.91 Å². The van der Waals surface area contributed by atoms with E-state index in [0.29, 0.717) is 19.0 Å². The van der Waals surface area contributed by atoms with E-state index in [2.05, 4.69) is 84.5 Å². The Bertz CT molecular complexity index is 1420. The molecule has 2 aromatic heterocycles. The molecule has 2 aromatic carbocycles. The highest BCUT2D eigenvalue weighted by molar-refractivity contribution is 5.92. The van der Waals surface area contributed by atoms with Crippen molar-refractivity contribution in [2.45, 2.75) is 59.9 Å². The Kier molecular flexibility index (Phi) is 6.96. The maximum absolute atomic E-state index is 13.1. The van der Waals surface area contributed by atoms with Gasteiger partial charge in [0.25, 0.3) is 0 Å². The normalized spacial score (nSPS) is 15.9. The lowest BCUT2D eigenvalue weighted by molar-refractivity contribution is -0.125. The predicted molar refractivity (Wildman–Crippen MR) is 148 cm³/mol. The summed E-state index contributed by atoms with van der Waals surface area (Å²) >= 11 is 0. The number of carbonyl (C=O) groups excluding carboxylic acids is 1. The smallest absolute Gasteiger partial charge is 0.225 e. The molecule has 1 saturated heterocycles. The van der Waals surface area contributed by atoms with Crippen molar-refractivity contribution in [3.8, 4) is 5.69 Å². The van der Waals surface area contributed by atoms with E-state index in [-0.39, 0.29) is 11.8 Å². The summed E-state index contributed by atoms with van der Waals surface area (Å²) in [4.78, 5) is 15.3. The first-order valence-corrected chi connectivity index (χ1v) is 13.2. The Balaban J connectivity index is 1.40. The van der Waals surface area contributed by atoms with Crippen LogP contribution in [-0.4, -0.2) is 39.0 Å². The third kappa shape index (κ3) is 4.95. The third-order valence-electron chi connectivity index (χ3n) is 7.60. The van der Waals surface area contributed by atoms with Crippen LogP contribution in [0, 0.1) is 26.7 Å². The van der Waals surface area contributed by atoms with Crippen molar-refractivity contribution >= 4 is 22.6 Å². The summed E-state index contributed by atoms with van der Waals surface area (Å²) in [5, 5.41) is 18.3. The van der Waals surface area contributed by atoms with E-state index in [4.69, 9.17) is 5.10 Å². The van der Waals surface area contributed by atoms with Crippen LogP contribution >= 0.6 is 0 Å². The van der Waals surface area contributed by atoms with Crippen LogP contribution in [0.4, 0.5) is 5.82 Å². The molecule has 7 nitrogen and oxygen atoms in total. The van der Waals surface area contributed by atoms with Gasteiger partial charge in [0.1, 0.15) is 5.52 Å². The van der Waals surface area contributed by atoms with Gasteiger partial charge in [0, 0.05) is 19.6 Å². The molecule has 37 heavy (non-hydrogen) atoms. The monoisotopic (exact) mass is 496 g/mol. The zero-order chi connectivity index (χ0) is 26.1. The first kappa shape index (κ1) is 24.9. The Morgan fingerprint density at radius 2 is 1.81 bits per heavy atom. The van der Waals surface area contributed by atoms with Crippen molar-refractivity contribution in [3.05, 3.63) is 76.6 Å². The molecule has 0 radical (unpaired) electrons. The van der Waals surface area contributed by atoms with Gasteiger partial charge in [0.05, 0.1) is 28.4 Å². The van der Waals surface area contributed by atoms with Gasteiger partial charge in [0.15, 0.2) is 5.82 Å². The number of anilines is 1. The lowest BCUT2D eigenvalue weighted by Crippen LogP contribution is -2.43. The van der Waals surface area contributed by atoms with Crippen molar-refractivity contribution in [1.82, 2.24) is 25.3 Å². The number of nitrogens with zero attached hydrogens (tertiary/aromatic N) is 5. The molecule has 1 fully saturated rings. The molecule has 192 valence electrons. The predicted octanol–water partition coefficient (Wildman–Crippen LogP) is 5.40. The molecule has 0 aliphatic carbocycles. The molecule has 0 bridgehead atoms. The Labute approximate surface area is 218 Å². The standard InChI is InChI=1S/C30H36N6O/c1-19(2)23-12-14-26(15-13-23)36-22(5)27-21(4)32-33-29(28(27)34-36)35-16-8-11-25(18-35)30(37)31-17-24-10-7-6-9-20(24)3/h6-7,9-10,12-15,19,25H,8,11,16-18H2,1-5H3,(H,31,37). The Morgan fingerprint density at radius 3 is 2.54 bits per heavy atom. The molecule has 1 aliphatic heterocycles. The largest absolute Gasteiger partial charge is 0.352 e. The van der Waals surface area contributed by atoms with Crippen LogP contribution in [0.15, 0.2) is 48.5 Å². The molecule has 0 saturated carbocycles. The molecule has 0 spiro atoms. The third-order valence-corrected chi connectivity index (χ3v) is 7.60. The number of aryl methyl sites for hydroxylation is 3.